The van der Waals surface area contributed by atoms with Crippen LogP contribution in [0, 0.1) is 0 Å². The molecular weight excluding hydrogens is 296 g/mol. The second-order valence-corrected chi connectivity index (χ2v) is 6.10. The highest BCUT2D eigenvalue weighted by Crippen LogP contribution is 2.29. The average Bonchev–Trinajstić information content (AvgIpc) is 3.16. The standard InChI is InChI=1S/C20H20N4/c1-15(24-13-12-21-14-24)10-11-22-20-18-8-3-2-6-16(18)17-7-4-5-9-19(17)23-20/h2-9,12-15H,10-11H2,1H3,(H,22,23). The maximum absolute atomic E-state index is 4.83. The molecule has 2 heterocycles. The van der Waals surface area contributed by atoms with E-state index < -0.39 is 0 Å². The zero-order valence-electron chi connectivity index (χ0n) is 13.7. The quantitative estimate of drug-likeness (QED) is 0.545. The number of anilines is 1. The zero-order valence-corrected chi connectivity index (χ0v) is 13.7. The molecule has 0 amide bonds. The molecule has 4 aromatic rings. The molecule has 2 aromatic heterocycles. The van der Waals surface area contributed by atoms with Crippen molar-refractivity contribution in [1.82, 2.24) is 14.5 Å². The predicted octanol–water partition coefficient (Wildman–Crippen LogP) is 4.65. The number of imidazole rings is 1. The van der Waals surface area contributed by atoms with E-state index in [-0.39, 0.29) is 0 Å². The highest BCUT2D eigenvalue weighted by molar-refractivity contribution is 6.09. The molecule has 2 aromatic carbocycles. The van der Waals surface area contributed by atoms with Crippen molar-refractivity contribution in [3.8, 4) is 0 Å². The van der Waals surface area contributed by atoms with E-state index in [9.17, 15) is 0 Å². The smallest absolute Gasteiger partial charge is 0.134 e. The van der Waals surface area contributed by atoms with E-state index in [1.807, 2.05) is 24.8 Å². The number of aromatic nitrogens is 3. The third kappa shape index (κ3) is 2.71. The molecule has 1 atom stereocenters. The van der Waals surface area contributed by atoms with E-state index in [1.165, 1.54) is 16.2 Å². The number of para-hydroxylation sites is 1. The Morgan fingerprint density at radius 2 is 1.75 bits per heavy atom. The largest absolute Gasteiger partial charge is 0.369 e. The molecule has 1 N–H and O–H groups in total. The summed E-state index contributed by atoms with van der Waals surface area (Å²) in [6, 6.07) is 17.2. The Morgan fingerprint density at radius 3 is 2.54 bits per heavy atom. The second-order valence-electron chi connectivity index (χ2n) is 6.10. The summed E-state index contributed by atoms with van der Waals surface area (Å²) in [7, 11) is 0. The molecule has 0 spiro atoms. The lowest BCUT2D eigenvalue weighted by atomic mass is 10.1. The summed E-state index contributed by atoms with van der Waals surface area (Å²) in [5.41, 5.74) is 1.03. The summed E-state index contributed by atoms with van der Waals surface area (Å²) in [6.07, 6.45) is 6.71. The SMILES string of the molecule is CC(CCNc1nc2ccccc2c2ccccc12)n1ccnc1. The first-order chi connectivity index (χ1) is 11.8. The molecule has 4 rings (SSSR count). The van der Waals surface area contributed by atoms with Crippen molar-refractivity contribution in [1.29, 1.82) is 0 Å². The van der Waals surface area contributed by atoms with Crippen LogP contribution in [0.1, 0.15) is 19.4 Å². The molecule has 120 valence electrons. The van der Waals surface area contributed by atoms with Gasteiger partial charge in [-0.2, -0.15) is 0 Å². The van der Waals surface area contributed by atoms with Gasteiger partial charge in [0.2, 0.25) is 0 Å². The predicted molar refractivity (Wildman–Crippen MR) is 99.3 cm³/mol. The third-order valence-corrected chi connectivity index (χ3v) is 4.50. The first-order valence-electron chi connectivity index (χ1n) is 8.32. The van der Waals surface area contributed by atoms with Crippen LogP contribution in [0.3, 0.4) is 0 Å². The van der Waals surface area contributed by atoms with E-state index >= 15 is 0 Å². The normalized spacial score (nSPS) is 12.5. The molecule has 0 fully saturated rings. The van der Waals surface area contributed by atoms with Gasteiger partial charge >= 0.3 is 0 Å². The minimum Gasteiger partial charge on any atom is -0.369 e. The van der Waals surface area contributed by atoms with Crippen LogP contribution < -0.4 is 5.32 Å². The Morgan fingerprint density at radius 1 is 1.00 bits per heavy atom. The van der Waals surface area contributed by atoms with E-state index in [2.05, 4.69) is 64.3 Å². The van der Waals surface area contributed by atoms with Crippen molar-refractivity contribution >= 4 is 27.5 Å². The number of nitrogens with one attached hydrogen (secondary N) is 1. The van der Waals surface area contributed by atoms with E-state index in [1.54, 1.807) is 0 Å². The molecule has 0 aliphatic rings. The van der Waals surface area contributed by atoms with Crippen molar-refractivity contribution in [3.05, 3.63) is 67.3 Å². The van der Waals surface area contributed by atoms with Crippen LogP contribution in [-0.2, 0) is 0 Å². The number of pyridine rings is 1. The van der Waals surface area contributed by atoms with Gasteiger partial charge in [0.05, 0.1) is 11.8 Å². The number of hydrogen-bond acceptors (Lipinski definition) is 3. The van der Waals surface area contributed by atoms with Crippen LogP contribution in [0.5, 0.6) is 0 Å². The number of nitrogens with zero attached hydrogens (tertiary/aromatic N) is 3. The minimum absolute atomic E-state index is 0.409. The molecule has 0 aliphatic carbocycles. The molecule has 1 unspecified atom stereocenters. The van der Waals surface area contributed by atoms with Crippen LogP contribution in [0.25, 0.3) is 21.7 Å². The highest BCUT2D eigenvalue weighted by atomic mass is 15.1. The van der Waals surface area contributed by atoms with Gasteiger partial charge in [0.1, 0.15) is 5.82 Å². The number of benzene rings is 2. The molecule has 0 radical (unpaired) electrons. The van der Waals surface area contributed by atoms with E-state index in [0.29, 0.717) is 6.04 Å². The van der Waals surface area contributed by atoms with Crippen LogP contribution in [-0.4, -0.2) is 21.1 Å². The Hall–Kier alpha value is -2.88. The van der Waals surface area contributed by atoms with Gasteiger partial charge in [0.15, 0.2) is 0 Å². The highest BCUT2D eigenvalue weighted by Gasteiger charge is 2.08. The molecular formula is C20H20N4. The molecule has 0 aliphatic heterocycles. The number of fused-ring (bicyclic) bond motifs is 3. The molecule has 24 heavy (non-hydrogen) atoms. The molecule has 4 nitrogen and oxygen atoms in total. The van der Waals surface area contributed by atoms with Crippen molar-refractivity contribution < 1.29 is 0 Å². The van der Waals surface area contributed by atoms with Crippen LogP contribution >= 0.6 is 0 Å². The first-order valence-corrected chi connectivity index (χ1v) is 8.32. The fraction of sp³-hybridized carbons (Fsp3) is 0.200. The number of hydrogen-bond donors (Lipinski definition) is 1. The van der Waals surface area contributed by atoms with Crippen molar-refractivity contribution in [3.63, 3.8) is 0 Å². The monoisotopic (exact) mass is 316 g/mol. The van der Waals surface area contributed by atoms with Crippen molar-refractivity contribution in [2.24, 2.45) is 0 Å². The molecule has 0 saturated carbocycles. The van der Waals surface area contributed by atoms with E-state index in [4.69, 9.17) is 4.98 Å². The first kappa shape index (κ1) is 14.7. The summed E-state index contributed by atoms with van der Waals surface area (Å²) >= 11 is 0. The Kier molecular flexibility index (Phi) is 3.87. The maximum Gasteiger partial charge on any atom is 0.134 e. The summed E-state index contributed by atoms with van der Waals surface area (Å²) in [5, 5.41) is 7.14. The minimum atomic E-state index is 0.409. The fourth-order valence-corrected chi connectivity index (χ4v) is 3.12. The summed E-state index contributed by atoms with van der Waals surface area (Å²) in [4.78, 5) is 8.95. The lowest BCUT2D eigenvalue weighted by molar-refractivity contribution is 0.519. The van der Waals surface area contributed by atoms with E-state index in [0.717, 1.165) is 24.3 Å². The molecule has 4 heteroatoms. The Bertz CT molecular complexity index is 960. The van der Waals surface area contributed by atoms with Crippen LogP contribution in [0.4, 0.5) is 5.82 Å². The summed E-state index contributed by atoms with van der Waals surface area (Å²) in [6.45, 7) is 3.07. The van der Waals surface area contributed by atoms with Crippen LogP contribution in [0.15, 0.2) is 67.3 Å². The van der Waals surface area contributed by atoms with Gasteiger partial charge in [-0.25, -0.2) is 9.97 Å². The van der Waals surface area contributed by atoms with Gasteiger partial charge in [-0.3, -0.25) is 0 Å². The average molecular weight is 316 g/mol. The summed E-state index contributed by atoms with van der Waals surface area (Å²) < 4.78 is 2.13. The zero-order chi connectivity index (χ0) is 16.4. The fourth-order valence-electron chi connectivity index (χ4n) is 3.12. The topological polar surface area (TPSA) is 42.7 Å². The number of rotatable bonds is 5. The third-order valence-electron chi connectivity index (χ3n) is 4.50. The lowest BCUT2D eigenvalue weighted by Gasteiger charge is -2.15. The van der Waals surface area contributed by atoms with Crippen LogP contribution in [0.2, 0.25) is 0 Å². The van der Waals surface area contributed by atoms with Crippen molar-refractivity contribution in [2.75, 3.05) is 11.9 Å². The van der Waals surface area contributed by atoms with Crippen molar-refractivity contribution in [2.45, 2.75) is 19.4 Å². The van der Waals surface area contributed by atoms with Gasteiger partial charge in [-0.05, 0) is 24.8 Å². The van der Waals surface area contributed by atoms with Gasteiger partial charge in [0, 0.05) is 35.8 Å². The van der Waals surface area contributed by atoms with Gasteiger partial charge in [-0.1, -0.05) is 42.5 Å². The Balaban J connectivity index is 1.61. The Labute approximate surface area is 141 Å². The molecule has 0 bridgehead atoms. The van der Waals surface area contributed by atoms with Gasteiger partial charge < -0.3 is 9.88 Å². The maximum atomic E-state index is 4.83. The summed E-state index contributed by atoms with van der Waals surface area (Å²) in [5.74, 6) is 0.960. The second kappa shape index (κ2) is 6.32. The van der Waals surface area contributed by atoms with Gasteiger partial charge in [-0.15, -0.1) is 0 Å². The molecule has 0 saturated heterocycles. The lowest BCUT2D eigenvalue weighted by Crippen LogP contribution is -2.11. The van der Waals surface area contributed by atoms with Gasteiger partial charge in [0.25, 0.3) is 0 Å².